The Kier molecular flexibility index (Phi) is 5.14. The molecule has 0 atom stereocenters. The fraction of sp³-hybridized carbons (Fsp3) is 0.400. The summed E-state index contributed by atoms with van der Waals surface area (Å²) in [7, 11) is -3.52. The maximum Gasteiger partial charge on any atom is 0.336 e. The largest absolute Gasteiger partial charge is 0.423 e. The molecule has 1 aromatic heterocycles. The quantitative estimate of drug-likeness (QED) is 0.630. The molecule has 0 aliphatic heterocycles. The number of rotatable bonds is 7. The van der Waals surface area contributed by atoms with Crippen LogP contribution in [-0.2, 0) is 10.0 Å². The zero-order valence-electron chi connectivity index (χ0n) is 12.0. The van der Waals surface area contributed by atoms with E-state index >= 15 is 0 Å². The minimum absolute atomic E-state index is 0.180. The number of unbranched alkanes of at least 4 members (excludes halogenated alkanes) is 3. The lowest BCUT2D eigenvalue weighted by molar-refractivity contribution is 0.560. The molecule has 0 unspecified atom stereocenters. The maximum atomic E-state index is 12.2. The Labute approximate surface area is 124 Å². The van der Waals surface area contributed by atoms with Crippen LogP contribution in [0, 0.1) is 0 Å². The summed E-state index contributed by atoms with van der Waals surface area (Å²) in [4.78, 5) is 11.3. The fourth-order valence-corrected chi connectivity index (χ4v) is 3.17. The summed E-state index contributed by atoms with van der Waals surface area (Å²) in [6.45, 7) is 2.54. The van der Waals surface area contributed by atoms with Crippen LogP contribution in [0.5, 0.6) is 0 Å². The van der Waals surface area contributed by atoms with Crippen molar-refractivity contribution >= 4 is 21.0 Å². The van der Waals surface area contributed by atoms with Crippen LogP contribution in [0.4, 0.5) is 0 Å². The lowest BCUT2D eigenvalue weighted by Gasteiger charge is -2.07. The van der Waals surface area contributed by atoms with Crippen molar-refractivity contribution in [3.8, 4) is 0 Å². The second-order valence-electron chi connectivity index (χ2n) is 4.91. The molecule has 2 rings (SSSR count). The van der Waals surface area contributed by atoms with Gasteiger partial charge in [0.25, 0.3) is 0 Å². The van der Waals surface area contributed by atoms with E-state index in [2.05, 4.69) is 11.6 Å². The molecule has 21 heavy (non-hydrogen) atoms. The van der Waals surface area contributed by atoms with E-state index in [1.54, 1.807) is 6.07 Å². The van der Waals surface area contributed by atoms with E-state index in [0.29, 0.717) is 17.5 Å². The molecule has 1 heterocycles. The Balaban J connectivity index is 2.12. The smallest absolute Gasteiger partial charge is 0.336 e. The zero-order valence-corrected chi connectivity index (χ0v) is 12.8. The van der Waals surface area contributed by atoms with Crippen LogP contribution in [0.3, 0.4) is 0 Å². The predicted octanol–water partition coefficient (Wildman–Crippen LogP) is 2.65. The van der Waals surface area contributed by atoms with Crippen LogP contribution in [-0.4, -0.2) is 15.0 Å². The van der Waals surface area contributed by atoms with Crippen LogP contribution in [0.25, 0.3) is 11.0 Å². The standard InChI is InChI=1S/C15H19NO4S/c1-2-3-4-5-10-16-21(18,19)13-7-8-14-12(11-13)6-9-15(17)20-14/h6-9,11,16H,2-5,10H2,1H3. The van der Waals surface area contributed by atoms with Gasteiger partial charge in [0, 0.05) is 18.0 Å². The third-order valence-electron chi connectivity index (χ3n) is 3.22. The van der Waals surface area contributed by atoms with Gasteiger partial charge in [0.2, 0.25) is 10.0 Å². The lowest BCUT2D eigenvalue weighted by Crippen LogP contribution is -2.24. The highest BCUT2D eigenvalue weighted by atomic mass is 32.2. The molecule has 2 aromatic rings. The van der Waals surface area contributed by atoms with E-state index in [0.717, 1.165) is 25.7 Å². The Hall–Kier alpha value is -1.66. The number of nitrogens with one attached hydrogen (secondary N) is 1. The number of hydrogen-bond donors (Lipinski definition) is 1. The van der Waals surface area contributed by atoms with Gasteiger partial charge < -0.3 is 4.42 Å². The van der Waals surface area contributed by atoms with Gasteiger partial charge in [-0.1, -0.05) is 26.2 Å². The van der Waals surface area contributed by atoms with E-state index < -0.39 is 15.6 Å². The topological polar surface area (TPSA) is 76.4 Å². The van der Waals surface area contributed by atoms with Crippen LogP contribution in [0.2, 0.25) is 0 Å². The van der Waals surface area contributed by atoms with Crippen LogP contribution >= 0.6 is 0 Å². The molecular weight excluding hydrogens is 290 g/mol. The Bertz CT molecular complexity index is 765. The Morgan fingerprint density at radius 3 is 2.67 bits per heavy atom. The van der Waals surface area contributed by atoms with Crippen molar-refractivity contribution in [3.63, 3.8) is 0 Å². The van der Waals surface area contributed by atoms with Crippen molar-refractivity contribution < 1.29 is 12.8 Å². The van der Waals surface area contributed by atoms with E-state index in [9.17, 15) is 13.2 Å². The van der Waals surface area contributed by atoms with Crippen LogP contribution in [0.15, 0.2) is 44.4 Å². The summed E-state index contributed by atoms with van der Waals surface area (Å²) in [5, 5.41) is 0.587. The summed E-state index contributed by atoms with van der Waals surface area (Å²) in [6.07, 6.45) is 4.07. The zero-order chi connectivity index (χ0) is 15.3. The second-order valence-corrected chi connectivity index (χ2v) is 6.68. The van der Waals surface area contributed by atoms with Crippen molar-refractivity contribution in [2.24, 2.45) is 0 Å². The second kappa shape index (κ2) is 6.87. The molecule has 6 heteroatoms. The van der Waals surface area contributed by atoms with Crippen molar-refractivity contribution in [2.45, 2.75) is 37.5 Å². The minimum Gasteiger partial charge on any atom is -0.423 e. The third kappa shape index (κ3) is 4.15. The average Bonchev–Trinajstić information content (AvgIpc) is 2.46. The molecule has 1 aromatic carbocycles. The van der Waals surface area contributed by atoms with Gasteiger partial charge in [-0.15, -0.1) is 0 Å². The third-order valence-corrected chi connectivity index (χ3v) is 4.68. The first-order valence-electron chi connectivity index (χ1n) is 7.06. The highest BCUT2D eigenvalue weighted by molar-refractivity contribution is 7.89. The molecule has 0 aliphatic rings. The van der Waals surface area contributed by atoms with Gasteiger partial charge in [0.1, 0.15) is 5.58 Å². The molecule has 0 saturated carbocycles. The first-order chi connectivity index (χ1) is 10.0. The van der Waals surface area contributed by atoms with Crippen LogP contribution < -0.4 is 10.3 Å². The maximum absolute atomic E-state index is 12.2. The summed E-state index contributed by atoms with van der Waals surface area (Å²) in [5.41, 5.74) is -0.0726. The molecule has 0 fully saturated rings. The molecule has 1 N–H and O–H groups in total. The van der Waals surface area contributed by atoms with E-state index in [1.165, 1.54) is 24.3 Å². The first-order valence-corrected chi connectivity index (χ1v) is 8.55. The SMILES string of the molecule is CCCCCCNS(=O)(=O)c1ccc2oc(=O)ccc2c1. The first kappa shape index (κ1) is 15.7. The van der Waals surface area contributed by atoms with Crippen molar-refractivity contribution in [1.29, 1.82) is 0 Å². The van der Waals surface area contributed by atoms with E-state index in [4.69, 9.17) is 4.42 Å². The van der Waals surface area contributed by atoms with Gasteiger partial charge in [0.05, 0.1) is 4.90 Å². The molecule has 0 amide bonds. The molecular formula is C15H19NO4S. The summed E-state index contributed by atoms with van der Waals surface area (Å²) < 4.78 is 31.9. The molecule has 5 nitrogen and oxygen atoms in total. The van der Waals surface area contributed by atoms with Crippen molar-refractivity contribution in [3.05, 3.63) is 40.8 Å². The average molecular weight is 309 g/mol. The van der Waals surface area contributed by atoms with Crippen molar-refractivity contribution in [2.75, 3.05) is 6.54 Å². The number of benzene rings is 1. The Morgan fingerprint density at radius 2 is 1.90 bits per heavy atom. The highest BCUT2D eigenvalue weighted by Crippen LogP contribution is 2.17. The van der Waals surface area contributed by atoms with Gasteiger partial charge in [-0.25, -0.2) is 17.9 Å². The van der Waals surface area contributed by atoms with Gasteiger partial charge in [-0.2, -0.15) is 0 Å². The summed E-state index contributed by atoms with van der Waals surface area (Å²) in [5.74, 6) is 0. The van der Waals surface area contributed by atoms with Crippen molar-refractivity contribution in [1.82, 2.24) is 4.72 Å². The number of hydrogen-bond acceptors (Lipinski definition) is 4. The van der Waals surface area contributed by atoms with Gasteiger partial charge in [-0.3, -0.25) is 0 Å². The molecule has 0 spiro atoms. The molecule has 0 saturated heterocycles. The molecule has 0 bridgehead atoms. The monoisotopic (exact) mass is 309 g/mol. The summed E-state index contributed by atoms with van der Waals surface area (Å²) in [6, 6.07) is 7.28. The number of fused-ring (bicyclic) bond motifs is 1. The minimum atomic E-state index is -3.52. The normalized spacial score (nSPS) is 11.9. The van der Waals surface area contributed by atoms with Gasteiger partial charge >= 0.3 is 5.63 Å². The Morgan fingerprint density at radius 1 is 1.10 bits per heavy atom. The van der Waals surface area contributed by atoms with E-state index in [1.807, 2.05) is 0 Å². The number of sulfonamides is 1. The predicted molar refractivity (Wildman–Crippen MR) is 81.8 cm³/mol. The molecule has 0 aliphatic carbocycles. The highest BCUT2D eigenvalue weighted by Gasteiger charge is 2.14. The van der Waals surface area contributed by atoms with E-state index in [-0.39, 0.29) is 4.90 Å². The molecule has 114 valence electrons. The fourth-order valence-electron chi connectivity index (χ4n) is 2.06. The molecule has 0 radical (unpaired) electrons. The van der Waals surface area contributed by atoms with Gasteiger partial charge in [0.15, 0.2) is 0 Å². The summed E-state index contributed by atoms with van der Waals surface area (Å²) >= 11 is 0. The van der Waals surface area contributed by atoms with Crippen LogP contribution in [0.1, 0.15) is 32.6 Å². The lowest BCUT2D eigenvalue weighted by atomic mass is 10.2. The van der Waals surface area contributed by atoms with Gasteiger partial charge in [-0.05, 0) is 30.7 Å².